The van der Waals surface area contributed by atoms with E-state index in [0.29, 0.717) is 10.7 Å². The molecular formula is C14H18ClN3O. The number of hydrogen-bond donors (Lipinski definition) is 2. The van der Waals surface area contributed by atoms with E-state index in [0.717, 1.165) is 37.4 Å². The van der Waals surface area contributed by atoms with Crippen molar-refractivity contribution in [3.8, 4) is 0 Å². The van der Waals surface area contributed by atoms with Crippen LogP contribution >= 0.6 is 11.6 Å². The van der Waals surface area contributed by atoms with E-state index >= 15 is 0 Å². The molecule has 1 aromatic rings. The maximum absolute atomic E-state index is 12.4. The Morgan fingerprint density at radius 3 is 2.89 bits per heavy atom. The average molecular weight is 280 g/mol. The Labute approximate surface area is 117 Å². The standard InChI is InChI=1S/C14H18ClN3O/c1-2-9-3-5-14(6-4-9)13(19)17-11-7-10(15)8-16-12(11)18-14/h7-9H,2-6H2,1H3,(H,16,18)(H,17,19). The second-order valence-electron chi connectivity index (χ2n) is 5.56. The van der Waals surface area contributed by atoms with E-state index in [9.17, 15) is 4.79 Å². The summed E-state index contributed by atoms with van der Waals surface area (Å²) in [6.07, 6.45) is 6.75. The average Bonchev–Trinajstić information content (AvgIpc) is 2.42. The summed E-state index contributed by atoms with van der Waals surface area (Å²) in [5.41, 5.74) is 0.209. The van der Waals surface area contributed by atoms with Crippen molar-refractivity contribution >= 4 is 29.0 Å². The molecule has 1 aliphatic carbocycles. The summed E-state index contributed by atoms with van der Waals surface area (Å²) < 4.78 is 0. The zero-order chi connectivity index (χ0) is 13.5. The van der Waals surface area contributed by atoms with E-state index < -0.39 is 5.54 Å². The number of halogens is 1. The number of fused-ring (bicyclic) bond motifs is 1. The number of carbonyl (C=O) groups excluding carboxylic acids is 1. The minimum Gasteiger partial charge on any atom is -0.354 e. The van der Waals surface area contributed by atoms with Crippen LogP contribution < -0.4 is 10.6 Å². The Morgan fingerprint density at radius 1 is 1.47 bits per heavy atom. The minimum absolute atomic E-state index is 0.0543. The molecule has 0 atom stereocenters. The van der Waals surface area contributed by atoms with E-state index in [1.54, 1.807) is 12.3 Å². The van der Waals surface area contributed by atoms with Crippen LogP contribution in [0.4, 0.5) is 11.5 Å². The monoisotopic (exact) mass is 279 g/mol. The number of aromatic nitrogens is 1. The van der Waals surface area contributed by atoms with Gasteiger partial charge < -0.3 is 10.6 Å². The lowest BCUT2D eigenvalue weighted by molar-refractivity contribution is -0.121. The number of amides is 1. The summed E-state index contributed by atoms with van der Waals surface area (Å²) in [5, 5.41) is 6.83. The highest BCUT2D eigenvalue weighted by Gasteiger charge is 2.44. The first-order chi connectivity index (χ1) is 9.13. The normalized spacial score (nSPS) is 29.6. The smallest absolute Gasteiger partial charge is 0.250 e. The van der Waals surface area contributed by atoms with Crippen LogP contribution in [0.3, 0.4) is 0 Å². The molecule has 1 fully saturated rings. The van der Waals surface area contributed by atoms with Gasteiger partial charge in [0.2, 0.25) is 5.91 Å². The minimum atomic E-state index is -0.473. The molecule has 1 saturated carbocycles. The molecule has 0 radical (unpaired) electrons. The Kier molecular flexibility index (Phi) is 3.13. The van der Waals surface area contributed by atoms with Gasteiger partial charge >= 0.3 is 0 Å². The van der Waals surface area contributed by atoms with Crippen LogP contribution in [-0.2, 0) is 4.79 Å². The number of carbonyl (C=O) groups is 1. The van der Waals surface area contributed by atoms with E-state index in [2.05, 4.69) is 22.5 Å². The number of nitrogens with one attached hydrogen (secondary N) is 2. The van der Waals surface area contributed by atoms with Crippen molar-refractivity contribution in [1.29, 1.82) is 0 Å². The quantitative estimate of drug-likeness (QED) is 0.828. The number of anilines is 2. The molecule has 5 heteroatoms. The number of nitrogens with zero attached hydrogens (tertiary/aromatic N) is 1. The molecule has 0 bridgehead atoms. The van der Waals surface area contributed by atoms with Crippen LogP contribution in [0, 0.1) is 5.92 Å². The van der Waals surface area contributed by atoms with Crippen molar-refractivity contribution in [2.45, 2.75) is 44.6 Å². The van der Waals surface area contributed by atoms with Crippen molar-refractivity contribution in [2.24, 2.45) is 5.92 Å². The van der Waals surface area contributed by atoms with Gasteiger partial charge in [-0.15, -0.1) is 0 Å². The molecule has 1 amide bonds. The molecule has 0 aromatic carbocycles. The highest BCUT2D eigenvalue weighted by molar-refractivity contribution is 6.31. The molecule has 19 heavy (non-hydrogen) atoms. The summed E-state index contributed by atoms with van der Waals surface area (Å²) in [6, 6.07) is 1.74. The number of hydrogen-bond acceptors (Lipinski definition) is 3. The van der Waals surface area contributed by atoms with Crippen molar-refractivity contribution in [3.05, 3.63) is 17.3 Å². The summed E-state index contributed by atoms with van der Waals surface area (Å²) in [5.74, 6) is 1.54. The third-order valence-corrected chi connectivity index (χ3v) is 4.64. The lowest BCUT2D eigenvalue weighted by Crippen LogP contribution is -2.54. The van der Waals surface area contributed by atoms with Crippen molar-refractivity contribution in [1.82, 2.24) is 4.98 Å². The van der Waals surface area contributed by atoms with Crippen LogP contribution in [0.15, 0.2) is 12.3 Å². The summed E-state index contributed by atoms with van der Waals surface area (Å²) >= 11 is 5.90. The molecule has 2 N–H and O–H groups in total. The predicted molar refractivity (Wildman–Crippen MR) is 76.5 cm³/mol. The van der Waals surface area contributed by atoms with Crippen molar-refractivity contribution in [3.63, 3.8) is 0 Å². The lowest BCUT2D eigenvalue weighted by Gasteiger charge is -2.42. The molecule has 2 aliphatic rings. The molecule has 1 aliphatic heterocycles. The molecule has 0 unspecified atom stereocenters. The third-order valence-electron chi connectivity index (χ3n) is 4.43. The van der Waals surface area contributed by atoms with Crippen LogP contribution in [0.1, 0.15) is 39.0 Å². The molecule has 0 saturated heterocycles. The summed E-state index contributed by atoms with van der Waals surface area (Å²) in [4.78, 5) is 16.7. The Balaban J connectivity index is 1.86. The summed E-state index contributed by atoms with van der Waals surface area (Å²) in [6.45, 7) is 2.22. The Morgan fingerprint density at radius 2 is 2.21 bits per heavy atom. The first kappa shape index (κ1) is 12.7. The molecular weight excluding hydrogens is 262 g/mol. The fourth-order valence-electron chi connectivity index (χ4n) is 3.09. The maximum atomic E-state index is 12.4. The van der Waals surface area contributed by atoms with E-state index in [4.69, 9.17) is 11.6 Å². The van der Waals surface area contributed by atoms with Gasteiger partial charge in [0.1, 0.15) is 5.54 Å². The van der Waals surface area contributed by atoms with Crippen molar-refractivity contribution in [2.75, 3.05) is 10.6 Å². The molecule has 3 rings (SSSR count). The van der Waals surface area contributed by atoms with Crippen LogP contribution in [0.25, 0.3) is 0 Å². The predicted octanol–water partition coefficient (Wildman–Crippen LogP) is 3.44. The molecule has 2 heterocycles. The third kappa shape index (κ3) is 2.18. The van der Waals surface area contributed by atoms with Gasteiger partial charge in [-0.1, -0.05) is 24.9 Å². The molecule has 1 aromatic heterocycles. The van der Waals surface area contributed by atoms with Gasteiger partial charge in [-0.05, 0) is 37.7 Å². The van der Waals surface area contributed by atoms with Gasteiger partial charge in [0, 0.05) is 6.20 Å². The second kappa shape index (κ2) is 4.67. The van der Waals surface area contributed by atoms with E-state index in [1.807, 2.05) is 0 Å². The first-order valence-electron chi connectivity index (χ1n) is 6.88. The molecule has 4 nitrogen and oxygen atoms in total. The van der Waals surface area contributed by atoms with Gasteiger partial charge in [-0.3, -0.25) is 4.79 Å². The first-order valence-corrected chi connectivity index (χ1v) is 7.26. The van der Waals surface area contributed by atoms with Crippen LogP contribution in [-0.4, -0.2) is 16.4 Å². The lowest BCUT2D eigenvalue weighted by atomic mass is 9.74. The van der Waals surface area contributed by atoms with Gasteiger partial charge in [0.05, 0.1) is 10.7 Å². The largest absolute Gasteiger partial charge is 0.354 e. The van der Waals surface area contributed by atoms with Gasteiger partial charge in [0.25, 0.3) is 0 Å². The topological polar surface area (TPSA) is 54.0 Å². The highest BCUT2D eigenvalue weighted by Crippen LogP contribution is 2.41. The molecule has 1 spiro atoms. The SMILES string of the molecule is CCC1CCC2(CC1)Nc1ncc(Cl)cc1NC2=O. The zero-order valence-corrected chi connectivity index (χ0v) is 11.8. The second-order valence-corrected chi connectivity index (χ2v) is 6.00. The summed E-state index contributed by atoms with van der Waals surface area (Å²) in [7, 11) is 0. The van der Waals surface area contributed by atoms with Gasteiger partial charge in [0.15, 0.2) is 5.82 Å². The van der Waals surface area contributed by atoms with E-state index in [1.165, 1.54) is 6.42 Å². The fraction of sp³-hybridized carbons (Fsp3) is 0.571. The Bertz CT molecular complexity index is 509. The highest BCUT2D eigenvalue weighted by atomic mass is 35.5. The Hall–Kier alpha value is -1.29. The van der Waals surface area contributed by atoms with E-state index in [-0.39, 0.29) is 5.91 Å². The molecule has 102 valence electrons. The zero-order valence-electron chi connectivity index (χ0n) is 11.0. The number of rotatable bonds is 1. The van der Waals surface area contributed by atoms with Crippen molar-refractivity contribution < 1.29 is 4.79 Å². The van der Waals surface area contributed by atoms with Gasteiger partial charge in [-0.25, -0.2) is 4.98 Å². The van der Waals surface area contributed by atoms with Crippen LogP contribution in [0.2, 0.25) is 5.02 Å². The fourth-order valence-corrected chi connectivity index (χ4v) is 3.25. The van der Waals surface area contributed by atoms with Crippen LogP contribution in [0.5, 0.6) is 0 Å². The van der Waals surface area contributed by atoms with Gasteiger partial charge in [-0.2, -0.15) is 0 Å². The number of pyridine rings is 1. The maximum Gasteiger partial charge on any atom is 0.250 e.